The van der Waals surface area contributed by atoms with Gasteiger partial charge < -0.3 is 5.11 Å². The molecule has 62 valence electrons. The Hall–Kier alpha value is -1.97. The average Bonchev–Trinajstić information content (AvgIpc) is 2.50. The Morgan fingerprint density at radius 3 is 3.00 bits per heavy atom. The van der Waals surface area contributed by atoms with Crippen LogP contribution >= 0.6 is 0 Å². The molecular weight excluding hydrogens is 167 g/mol. The van der Waals surface area contributed by atoms with Crippen molar-refractivity contribution in [2.45, 2.75) is 6.30 Å². The van der Waals surface area contributed by atoms with E-state index in [2.05, 4.69) is 10.1 Å². The Labute approximate surface area is 65.9 Å². The molecule has 1 aromatic heterocycles. The van der Waals surface area contributed by atoms with Crippen LogP contribution in [-0.4, -0.2) is 25.8 Å². The summed E-state index contributed by atoms with van der Waals surface area (Å²) in [5.41, 5.74) is 0. The summed E-state index contributed by atoms with van der Waals surface area (Å²) in [7, 11) is 0. The molecule has 0 saturated carbocycles. The third-order valence-corrected chi connectivity index (χ3v) is 1.04. The van der Waals surface area contributed by atoms with Crippen molar-refractivity contribution in [1.29, 1.82) is 5.26 Å². The summed E-state index contributed by atoms with van der Waals surface area (Å²) in [6, 6.07) is 1.54. The smallest absolute Gasteiger partial charge is 0.361 e. The number of carboxylic acid groups (broad SMARTS) is 1. The van der Waals surface area contributed by atoms with Gasteiger partial charge in [0.05, 0.1) is 0 Å². The van der Waals surface area contributed by atoms with Crippen molar-refractivity contribution in [2.24, 2.45) is 0 Å². The summed E-state index contributed by atoms with van der Waals surface area (Å²) < 4.78 is 13.0. The quantitative estimate of drug-likeness (QED) is 0.657. The molecule has 6 nitrogen and oxygen atoms in total. The number of carboxylic acids is 1. The molecule has 0 spiro atoms. The molecule has 0 aromatic carbocycles. The Morgan fingerprint density at radius 1 is 1.92 bits per heavy atom. The van der Waals surface area contributed by atoms with Crippen molar-refractivity contribution in [3.63, 3.8) is 0 Å². The van der Waals surface area contributed by atoms with Crippen molar-refractivity contribution < 1.29 is 14.3 Å². The first-order valence-corrected chi connectivity index (χ1v) is 2.83. The van der Waals surface area contributed by atoms with Gasteiger partial charge in [-0.1, -0.05) is 0 Å². The van der Waals surface area contributed by atoms with E-state index in [4.69, 9.17) is 10.4 Å². The summed E-state index contributed by atoms with van der Waals surface area (Å²) in [6.07, 6.45) is -1.45. The highest BCUT2D eigenvalue weighted by Crippen LogP contribution is 2.05. The predicted molar refractivity (Wildman–Crippen MR) is 32.5 cm³/mol. The van der Waals surface area contributed by atoms with Gasteiger partial charge in [-0.05, 0) is 0 Å². The van der Waals surface area contributed by atoms with Gasteiger partial charge in [0.15, 0.2) is 0 Å². The van der Waals surface area contributed by atoms with E-state index in [0.717, 1.165) is 6.33 Å². The monoisotopic (exact) mass is 170 g/mol. The maximum Gasteiger partial charge on any atom is 0.361 e. The van der Waals surface area contributed by atoms with Crippen LogP contribution in [0.4, 0.5) is 4.39 Å². The van der Waals surface area contributed by atoms with Crippen LogP contribution < -0.4 is 0 Å². The summed E-state index contributed by atoms with van der Waals surface area (Å²) in [6.45, 7) is 0. The van der Waals surface area contributed by atoms with Crippen LogP contribution in [0.25, 0.3) is 0 Å². The highest BCUT2D eigenvalue weighted by Gasteiger charge is 2.19. The van der Waals surface area contributed by atoms with Gasteiger partial charge >= 0.3 is 5.97 Å². The van der Waals surface area contributed by atoms with Gasteiger partial charge in [0.2, 0.25) is 0 Å². The molecule has 0 radical (unpaired) electrons. The standard InChI is InChI=1S/C5H3FN4O2/c6-4(5(11)12)10-2-8-3(1-7)9-10/h2,4H,(H,11,12). The van der Waals surface area contributed by atoms with Crippen LogP contribution in [0.2, 0.25) is 0 Å². The number of nitrogens with zero attached hydrogens (tertiary/aromatic N) is 4. The Kier molecular flexibility index (Phi) is 2.00. The second kappa shape index (κ2) is 2.96. The van der Waals surface area contributed by atoms with Crippen molar-refractivity contribution >= 4 is 5.97 Å². The molecule has 1 aromatic rings. The van der Waals surface area contributed by atoms with Crippen LogP contribution in [0.3, 0.4) is 0 Å². The first-order chi connectivity index (χ1) is 5.65. The maximum atomic E-state index is 12.6. The van der Waals surface area contributed by atoms with Gasteiger partial charge in [-0.25, -0.2) is 18.9 Å². The van der Waals surface area contributed by atoms with Crippen molar-refractivity contribution in [1.82, 2.24) is 14.8 Å². The average molecular weight is 170 g/mol. The number of halogens is 1. The number of rotatable bonds is 2. The van der Waals surface area contributed by atoms with Crippen LogP contribution in [0.15, 0.2) is 6.33 Å². The number of carbonyl (C=O) groups is 1. The molecule has 0 amide bonds. The Bertz CT molecular complexity index is 341. The fourth-order valence-corrected chi connectivity index (χ4v) is 0.548. The molecule has 0 bridgehead atoms. The normalized spacial score (nSPS) is 12.0. The van der Waals surface area contributed by atoms with Gasteiger partial charge in [-0.2, -0.15) is 5.26 Å². The minimum Gasteiger partial charge on any atom is -0.478 e. The molecule has 1 atom stereocenters. The van der Waals surface area contributed by atoms with Crippen LogP contribution in [0, 0.1) is 11.3 Å². The topological polar surface area (TPSA) is 91.8 Å². The van der Waals surface area contributed by atoms with E-state index in [9.17, 15) is 9.18 Å². The lowest BCUT2D eigenvalue weighted by molar-refractivity contribution is -0.146. The molecule has 12 heavy (non-hydrogen) atoms. The largest absolute Gasteiger partial charge is 0.478 e. The zero-order chi connectivity index (χ0) is 9.14. The van der Waals surface area contributed by atoms with Crippen LogP contribution in [0.1, 0.15) is 12.1 Å². The minimum absolute atomic E-state index is 0.265. The predicted octanol–water partition coefficient (Wildman–Crippen LogP) is -0.298. The highest BCUT2D eigenvalue weighted by molar-refractivity contribution is 5.69. The van der Waals surface area contributed by atoms with Crippen LogP contribution in [-0.2, 0) is 4.79 Å². The van der Waals surface area contributed by atoms with Crippen molar-refractivity contribution in [3.05, 3.63) is 12.2 Å². The van der Waals surface area contributed by atoms with E-state index in [0.29, 0.717) is 4.68 Å². The van der Waals surface area contributed by atoms with E-state index < -0.39 is 12.3 Å². The number of hydrogen-bond donors (Lipinski definition) is 1. The third-order valence-electron chi connectivity index (χ3n) is 1.04. The van der Waals surface area contributed by atoms with E-state index in [1.807, 2.05) is 0 Å². The van der Waals surface area contributed by atoms with E-state index in [1.54, 1.807) is 0 Å². The molecular formula is C5H3FN4O2. The second-order valence-corrected chi connectivity index (χ2v) is 1.83. The molecule has 0 aliphatic heterocycles. The molecule has 0 aliphatic rings. The maximum absolute atomic E-state index is 12.6. The SMILES string of the molecule is N#Cc1ncn(C(F)C(=O)O)n1. The van der Waals surface area contributed by atoms with Crippen LogP contribution in [0.5, 0.6) is 0 Å². The van der Waals surface area contributed by atoms with Gasteiger partial charge in [-0.3, -0.25) is 0 Å². The van der Waals surface area contributed by atoms with Crippen molar-refractivity contribution in [2.75, 3.05) is 0 Å². The molecule has 0 fully saturated rings. The molecule has 0 aliphatic carbocycles. The lowest BCUT2D eigenvalue weighted by Crippen LogP contribution is -2.14. The third kappa shape index (κ3) is 1.37. The zero-order valence-corrected chi connectivity index (χ0v) is 5.68. The van der Waals surface area contributed by atoms with Gasteiger partial charge in [0.1, 0.15) is 12.4 Å². The molecule has 1 N–H and O–H groups in total. The Balaban J connectivity index is 2.90. The van der Waals surface area contributed by atoms with Crippen molar-refractivity contribution in [3.8, 4) is 6.07 Å². The lowest BCUT2D eigenvalue weighted by atomic mass is 10.6. The van der Waals surface area contributed by atoms with E-state index in [-0.39, 0.29) is 5.82 Å². The number of nitriles is 1. The minimum atomic E-state index is -2.29. The Morgan fingerprint density at radius 2 is 2.58 bits per heavy atom. The van der Waals surface area contributed by atoms with E-state index >= 15 is 0 Å². The summed E-state index contributed by atoms with van der Waals surface area (Å²) >= 11 is 0. The summed E-state index contributed by atoms with van der Waals surface area (Å²) in [5.74, 6) is -1.94. The summed E-state index contributed by atoms with van der Waals surface area (Å²) in [4.78, 5) is 13.4. The second-order valence-electron chi connectivity index (χ2n) is 1.83. The summed E-state index contributed by atoms with van der Waals surface area (Å²) in [5, 5.41) is 19.6. The number of aromatic nitrogens is 3. The fourth-order valence-electron chi connectivity index (χ4n) is 0.548. The van der Waals surface area contributed by atoms with Gasteiger partial charge in [0.25, 0.3) is 12.1 Å². The first kappa shape index (κ1) is 8.13. The van der Waals surface area contributed by atoms with E-state index in [1.165, 1.54) is 6.07 Å². The molecule has 7 heteroatoms. The van der Waals surface area contributed by atoms with Gasteiger partial charge in [0, 0.05) is 0 Å². The number of aliphatic carboxylic acids is 1. The molecule has 1 rings (SSSR count). The number of hydrogen-bond acceptors (Lipinski definition) is 4. The zero-order valence-electron chi connectivity index (χ0n) is 5.68. The molecule has 1 unspecified atom stereocenters. The fraction of sp³-hybridized carbons (Fsp3) is 0.200. The van der Waals surface area contributed by atoms with Gasteiger partial charge in [-0.15, -0.1) is 5.10 Å². The molecule has 0 saturated heterocycles. The number of alkyl halides is 1. The lowest BCUT2D eigenvalue weighted by Gasteiger charge is -1.99. The molecule has 1 heterocycles. The highest BCUT2D eigenvalue weighted by atomic mass is 19.1. The first-order valence-electron chi connectivity index (χ1n) is 2.83.